The van der Waals surface area contributed by atoms with E-state index in [9.17, 15) is 22.8 Å². The van der Waals surface area contributed by atoms with E-state index >= 15 is 0 Å². The molecule has 0 spiro atoms. The van der Waals surface area contributed by atoms with E-state index < -0.39 is 17.6 Å². The first-order valence-corrected chi connectivity index (χ1v) is 14.3. The Bertz CT molecular complexity index is 1690. The number of amides is 1. The molecule has 2 aromatic heterocycles. The topological polar surface area (TPSA) is 102 Å². The fraction of sp³-hybridized carbons (Fsp3) is 0.323. The van der Waals surface area contributed by atoms with E-state index in [0.29, 0.717) is 50.4 Å². The van der Waals surface area contributed by atoms with Crippen molar-refractivity contribution >= 4 is 34.1 Å². The number of morpholine rings is 1. The lowest BCUT2D eigenvalue weighted by Crippen LogP contribution is -2.39. The van der Waals surface area contributed by atoms with Crippen molar-refractivity contribution in [2.45, 2.75) is 25.6 Å². The molecule has 1 fully saturated rings. The minimum atomic E-state index is -4.58. The van der Waals surface area contributed by atoms with Crippen molar-refractivity contribution in [1.82, 2.24) is 14.5 Å². The van der Waals surface area contributed by atoms with Crippen LogP contribution in [0.15, 0.2) is 65.6 Å². The Kier molecular flexibility index (Phi) is 9.46. The van der Waals surface area contributed by atoms with E-state index in [-0.39, 0.29) is 21.8 Å². The molecular formula is C31H31ClF3N5O3. The van der Waals surface area contributed by atoms with E-state index in [1.54, 1.807) is 22.9 Å². The minimum Gasteiger partial charge on any atom is -0.379 e. The van der Waals surface area contributed by atoms with E-state index in [1.807, 2.05) is 6.07 Å². The van der Waals surface area contributed by atoms with Crippen molar-refractivity contribution in [1.29, 1.82) is 0 Å². The third-order valence-electron chi connectivity index (χ3n) is 7.38. The van der Waals surface area contributed by atoms with Crippen LogP contribution in [0.4, 0.5) is 18.9 Å². The zero-order chi connectivity index (χ0) is 30.6. The number of nitrogens with one attached hydrogen (secondary N) is 1. The molecular weight excluding hydrogens is 583 g/mol. The number of carbonyl (C=O) groups is 1. The van der Waals surface area contributed by atoms with Crippen LogP contribution in [-0.4, -0.2) is 59.8 Å². The standard InChI is InChI=1S/C31H31ClF3N5O3/c32-27-7-6-24(38-29(41)20-3-1-4-22(15-20)31(33,34)35)17-25(27)26-16-21-19-37-23(5-2-8-36)18-28(21)40(30(26)42)10-9-39-11-13-43-14-12-39/h1,3-4,6-7,15-19H,2,5,8-14,36H2,(H,38,41). The van der Waals surface area contributed by atoms with E-state index in [0.717, 1.165) is 48.2 Å². The maximum absolute atomic E-state index is 14.0. The van der Waals surface area contributed by atoms with Gasteiger partial charge in [0.25, 0.3) is 11.5 Å². The molecule has 0 radical (unpaired) electrons. The summed E-state index contributed by atoms with van der Waals surface area (Å²) in [6.45, 7) is 4.41. The van der Waals surface area contributed by atoms with Gasteiger partial charge in [0, 0.05) is 70.9 Å². The molecule has 1 aliphatic rings. The second kappa shape index (κ2) is 13.3. The zero-order valence-electron chi connectivity index (χ0n) is 23.3. The molecule has 3 N–H and O–H groups in total. The SMILES string of the molecule is NCCCc1cc2c(cn1)cc(-c1cc(NC(=O)c3cccc(C(F)(F)F)c3)ccc1Cl)c(=O)n2CCN1CCOCC1. The van der Waals surface area contributed by atoms with Gasteiger partial charge in [0.05, 0.1) is 24.3 Å². The molecule has 2 aromatic carbocycles. The molecule has 4 aromatic rings. The Balaban J connectivity index is 1.51. The summed E-state index contributed by atoms with van der Waals surface area (Å²) in [6, 6.07) is 12.4. The average Bonchev–Trinajstić information content (AvgIpc) is 3.00. The summed E-state index contributed by atoms with van der Waals surface area (Å²) >= 11 is 6.58. The number of anilines is 1. The van der Waals surface area contributed by atoms with Crippen LogP contribution >= 0.6 is 11.6 Å². The zero-order valence-corrected chi connectivity index (χ0v) is 24.0. The maximum Gasteiger partial charge on any atom is 0.416 e. The van der Waals surface area contributed by atoms with Crippen LogP contribution in [0.3, 0.4) is 0 Å². The summed E-state index contributed by atoms with van der Waals surface area (Å²) in [6.07, 6.45) is -1.40. The maximum atomic E-state index is 14.0. The number of aromatic nitrogens is 2. The number of rotatable bonds is 9. The van der Waals surface area contributed by atoms with Crippen molar-refractivity contribution in [3.63, 3.8) is 0 Å². The lowest BCUT2D eigenvalue weighted by molar-refractivity contribution is -0.137. The quantitative estimate of drug-likeness (QED) is 0.269. The second-order valence-corrected chi connectivity index (χ2v) is 10.7. The van der Waals surface area contributed by atoms with Gasteiger partial charge in [-0.3, -0.25) is 19.5 Å². The molecule has 226 valence electrons. The highest BCUT2D eigenvalue weighted by molar-refractivity contribution is 6.33. The number of hydrogen-bond acceptors (Lipinski definition) is 6. The van der Waals surface area contributed by atoms with Crippen LogP contribution in [0, 0.1) is 0 Å². The van der Waals surface area contributed by atoms with Gasteiger partial charge in [0.2, 0.25) is 0 Å². The predicted molar refractivity (Wildman–Crippen MR) is 160 cm³/mol. The van der Waals surface area contributed by atoms with Gasteiger partial charge in [-0.05, 0) is 67.9 Å². The fourth-order valence-electron chi connectivity index (χ4n) is 5.06. The van der Waals surface area contributed by atoms with Gasteiger partial charge in [-0.2, -0.15) is 13.2 Å². The number of pyridine rings is 2. The van der Waals surface area contributed by atoms with Crippen LogP contribution in [-0.2, 0) is 23.9 Å². The number of aryl methyl sites for hydroxylation is 1. The largest absolute Gasteiger partial charge is 0.416 e. The number of alkyl halides is 3. The monoisotopic (exact) mass is 613 g/mol. The molecule has 0 bridgehead atoms. The van der Waals surface area contributed by atoms with Gasteiger partial charge in [-0.1, -0.05) is 17.7 Å². The Morgan fingerprint density at radius 2 is 1.84 bits per heavy atom. The van der Waals surface area contributed by atoms with Gasteiger partial charge in [0.15, 0.2) is 0 Å². The number of nitrogens with two attached hydrogens (primary N) is 1. The Morgan fingerprint density at radius 1 is 1.05 bits per heavy atom. The van der Waals surface area contributed by atoms with Crippen LogP contribution in [0.5, 0.6) is 0 Å². The molecule has 5 rings (SSSR count). The lowest BCUT2D eigenvalue weighted by Gasteiger charge is -2.27. The molecule has 0 aliphatic carbocycles. The molecule has 0 unspecified atom stereocenters. The van der Waals surface area contributed by atoms with E-state index in [2.05, 4.69) is 15.2 Å². The molecule has 0 atom stereocenters. The third kappa shape index (κ3) is 7.24. The Labute approximate surface area is 251 Å². The van der Waals surface area contributed by atoms with Gasteiger partial charge in [-0.15, -0.1) is 0 Å². The molecule has 8 nitrogen and oxygen atoms in total. The van der Waals surface area contributed by atoms with Crippen molar-refractivity contribution in [3.8, 4) is 11.1 Å². The molecule has 3 heterocycles. The summed E-state index contributed by atoms with van der Waals surface area (Å²) in [7, 11) is 0. The van der Waals surface area contributed by atoms with Gasteiger partial charge in [0.1, 0.15) is 0 Å². The summed E-state index contributed by atoms with van der Waals surface area (Å²) < 4.78 is 46.7. The highest BCUT2D eigenvalue weighted by atomic mass is 35.5. The number of hydrogen-bond donors (Lipinski definition) is 2. The van der Waals surface area contributed by atoms with Crippen LogP contribution < -0.4 is 16.6 Å². The Hall–Kier alpha value is -3.77. The van der Waals surface area contributed by atoms with E-state index in [4.69, 9.17) is 22.1 Å². The van der Waals surface area contributed by atoms with Crippen molar-refractivity contribution in [3.05, 3.63) is 93.0 Å². The molecule has 0 saturated carbocycles. The van der Waals surface area contributed by atoms with Gasteiger partial charge < -0.3 is 20.4 Å². The second-order valence-electron chi connectivity index (χ2n) is 10.3. The first kappa shape index (κ1) is 30.7. The number of nitrogens with zero attached hydrogens (tertiary/aromatic N) is 3. The van der Waals surface area contributed by atoms with Crippen LogP contribution in [0.25, 0.3) is 22.0 Å². The minimum absolute atomic E-state index is 0.154. The number of halogens is 4. The lowest BCUT2D eigenvalue weighted by atomic mass is 10.0. The summed E-state index contributed by atoms with van der Waals surface area (Å²) in [5.74, 6) is -0.727. The summed E-state index contributed by atoms with van der Waals surface area (Å²) in [5.41, 5.74) is 6.89. The first-order chi connectivity index (χ1) is 20.6. The summed E-state index contributed by atoms with van der Waals surface area (Å²) in [4.78, 5) is 33.7. The highest BCUT2D eigenvalue weighted by Crippen LogP contribution is 2.32. The number of carbonyl (C=O) groups excluding carboxylic acids is 1. The number of fused-ring (bicyclic) bond motifs is 1. The van der Waals surface area contributed by atoms with Crippen LogP contribution in [0.2, 0.25) is 5.02 Å². The Morgan fingerprint density at radius 3 is 2.58 bits per heavy atom. The average molecular weight is 614 g/mol. The first-order valence-electron chi connectivity index (χ1n) is 14.0. The van der Waals surface area contributed by atoms with Crippen molar-refractivity contribution in [2.75, 3.05) is 44.7 Å². The summed E-state index contributed by atoms with van der Waals surface area (Å²) in [5, 5.41) is 3.64. The number of benzene rings is 2. The highest BCUT2D eigenvalue weighted by Gasteiger charge is 2.31. The van der Waals surface area contributed by atoms with E-state index in [1.165, 1.54) is 24.3 Å². The smallest absolute Gasteiger partial charge is 0.379 e. The fourth-order valence-corrected chi connectivity index (χ4v) is 5.28. The molecule has 43 heavy (non-hydrogen) atoms. The normalized spacial score (nSPS) is 14.3. The van der Waals surface area contributed by atoms with Crippen molar-refractivity contribution < 1.29 is 22.7 Å². The molecule has 1 saturated heterocycles. The van der Waals surface area contributed by atoms with Gasteiger partial charge >= 0.3 is 6.18 Å². The molecule has 1 amide bonds. The molecule has 12 heteroatoms. The number of ether oxygens (including phenoxy) is 1. The van der Waals surface area contributed by atoms with Crippen molar-refractivity contribution in [2.24, 2.45) is 5.73 Å². The van der Waals surface area contributed by atoms with Crippen LogP contribution in [0.1, 0.15) is 28.0 Å². The third-order valence-corrected chi connectivity index (χ3v) is 7.71. The van der Waals surface area contributed by atoms with Gasteiger partial charge in [-0.25, -0.2) is 0 Å². The predicted octanol–water partition coefficient (Wildman–Crippen LogP) is 5.21. The molecule has 1 aliphatic heterocycles.